The molecule has 0 aliphatic heterocycles. The van der Waals surface area contributed by atoms with Crippen LogP contribution >= 0.6 is 0 Å². The van der Waals surface area contributed by atoms with E-state index in [9.17, 15) is 5.26 Å². The summed E-state index contributed by atoms with van der Waals surface area (Å²) >= 11 is 0. The van der Waals surface area contributed by atoms with Gasteiger partial charge in [-0.15, -0.1) is 0 Å². The fraction of sp³-hybridized carbons (Fsp3) is 0.190. The number of aromatic nitrogens is 1. The van der Waals surface area contributed by atoms with Crippen LogP contribution in [0.4, 0.5) is 0 Å². The fourth-order valence-electron chi connectivity index (χ4n) is 2.92. The average molecular weight is 332 g/mol. The van der Waals surface area contributed by atoms with Crippen LogP contribution < -0.4 is 9.47 Å². The van der Waals surface area contributed by atoms with E-state index in [-0.39, 0.29) is 0 Å². The maximum absolute atomic E-state index is 9.29. The molecule has 0 N–H and O–H groups in total. The molecule has 0 aliphatic rings. The second-order valence-electron chi connectivity index (χ2n) is 5.72. The van der Waals surface area contributed by atoms with Crippen molar-refractivity contribution in [1.29, 1.82) is 5.26 Å². The van der Waals surface area contributed by atoms with Gasteiger partial charge in [-0.25, -0.2) is 0 Å². The van der Waals surface area contributed by atoms with Gasteiger partial charge in [0, 0.05) is 30.9 Å². The van der Waals surface area contributed by atoms with Crippen LogP contribution in [0.15, 0.2) is 54.7 Å². The van der Waals surface area contributed by atoms with Crippen molar-refractivity contribution in [3.05, 3.63) is 65.9 Å². The molecule has 2 aromatic carbocycles. The molecule has 4 heteroatoms. The average Bonchev–Trinajstić information content (AvgIpc) is 3.00. The molecule has 0 fully saturated rings. The van der Waals surface area contributed by atoms with Crippen LogP contribution in [0.1, 0.15) is 18.1 Å². The highest BCUT2D eigenvalue weighted by Crippen LogP contribution is 2.32. The topological polar surface area (TPSA) is 47.2 Å². The lowest BCUT2D eigenvalue weighted by Gasteiger charge is -2.13. The normalized spacial score (nSPS) is 11.4. The third kappa shape index (κ3) is 3.36. The van der Waals surface area contributed by atoms with Crippen LogP contribution in [0, 0.1) is 11.3 Å². The number of hydrogen-bond acceptors (Lipinski definition) is 3. The van der Waals surface area contributed by atoms with Gasteiger partial charge in [0.1, 0.15) is 11.5 Å². The van der Waals surface area contributed by atoms with E-state index in [0.29, 0.717) is 12.4 Å². The number of nitrogens with zero attached hydrogens (tertiary/aromatic N) is 2. The largest absolute Gasteiger partial charge is 0.497 e. The Morgan fingerprint density at radius 3 is 2.64 bits per heavy atom. The van der Waals surface area contributed by atoms with E-state index >= 15 is 0 Å². The highest BCUT2D eigenvalue weighted by molar-refractivity contribution is 5.89. The number of aryl methyl sites for hydroxylation is 1. The SMILES string of the molecule is CCOc1cc(OC)cc(C(=CC#N)c2ccc3ccn(C)c3c2)c1. The summed E-state index contributed by atoms with van der Waals surface area (Å²) in [5.74, 6) is 1.42. The van der Waals surface area contributed by atoms with Crippen LogP contribution in [0.5, 0.6) is 11.5 Å². The van der Waals surface area contributed by atoms with Gasteiger partial charge >= 0.3 is 0 Å². The van der Waals surface area contributed by atoms with Gasteiger partial charge in [0.25, 0.3) is 0 Å². The van der Waals surface area contributed by atoms with Gasteiger partial charge in [0.2, 0.25) is 0 Å². The van der Waals surface area contributed by atoms with E-state index in [4.69, 9.17) is 9.47 Å². The number of allylic oxidation sites excluding steroid dienone is 1. The molecule has 0 unspecified atom stereocenters. The Kier molecular flexibility index (Phi) is 4.76. The minimum absolute atomic E-state index is 0.569. The molecular formula is C21H20N2O2. The minimum Gasteiger partial charge on any atom is -0.497 e. The van der Waals surface area contributed by atoms with Gasteiger partial charge in [0.05, 0.1) is 19.8 Å². The third-order valence-corrected chi connectivity index (χ3v) is 4.15. The molecule has 0 radical (unpaired) electrons. The van der Waals surface area contributed by atoms with Gasteiger partial charge in [0.15, 0.2) is 0 Å². The Balaban J connectivity index is 2.15. The second kappa shape index (κ2) is 7.14. The Labute approximate surface area is 147 Å². The first-order chi connectivity index (χ1) is 12.2. The van der Waals surface area contributed by atoms with Crippen molar-refractivity contribution in [2.24, 2.45) is 7.05 Å². The number of hydrogen-bond donors (Lipinski definition) is 0. The number of nitriles is 1. The summed E-state index contributed by atoms with van der Waals surface area (Å²) in [6.07, 6.45) is 3.59. The summed E-state index contributed by atoms with van der Waals surface area (Å²) in [6, 6.07) is 16.1. The minimum atomic E-state index is 0.569. The van der Waals surface area contributed by atoms with E-state index in [1.807, 2.05) is 44.4 Å². The molecule has 3 rings (SSSR count). The lowest BCUT2D eigenvalue weighted by molar-refractivity contribution is 0.336. The molecule has 25 heavy (non-hydrogen) atoms. The standard InChI is InChI=1S/C21H20N2O2/c1-4-25-19-12-17(11-18(14-19)24-3)20(7-9-22)16-6-5-15-8-10-23(2)21(15)13-16/h5-8,10-14H,4H2,1-3H3. The Morgan fingerprint density at radius 2 is 1.92 bits per heavy atom. The van der Waals surface area contributed by atoms with Gasteiger partial charge in [-0.05, 0) is 53.3 Å². The van der Waals surface area contributed by atoms with Crippen molar-refractivity contribution in [2.45, 2.75) is 6.92 Å². The number of rotatable bonds is 5. The second-order valence-corrected chi connectivity index (χ2v) is 5.72. The van der Waals surface area contributed by atoms with E-state index in [1.54, 1.807) is 13.2 Å². The summed E-state index contributed by atoms with van der Waals surface area (Å²) < 4.78 is 13.1. The van der Waals surface area contributed by atoms with Crippen molar-refractivity contribution in [2.75, 3.05) is 13.7 Å². The first-order valence-electron chi connectivity index (χ1n) is 8.13. The molecule has 126 valence electrons. The Hall–Kier alpha value is -3.19. The van der Waals surface area contributed by atoms with Gasteiger partial charge in [-0.2, -0.15) is 5.26 Å². The monoisotopic (exact) mass is 332 g/mol. The summed E-state index contributed by atoms with van der Waals surface area (Å²) in [5.41, 5.74) is 3.82. The van der Waals surface area contributed by atoms with Crippen molar-refractivity contribution < 1.29 is 9.47 Å². The molecule has 0 atom stereocenters. The molecule has 0 bridgehead atoms. The molecule has 0 saturated carbocycles. The third-order valence-electron chi connectivity index (χ3n) is 4.15. The van der Waals surface area contributed by atoms with Crippen LogP contribution in [0.3, 0.4) is 0 Å². The molecule has 0 spiro atoms. The van der Waals surface area contributed by atoms with Crippen molar-refractivity contribution in [3.63, 3.8) is 0 Å². The maximum Gasteiger partial charge on any atom is 0.123 e. The van der Waals surface area contributed by atoms with Crippen LogP contribution in [-0.4, -0.2) is 18.3 Å². The molecule has 1 aromatic heterocycles. The van der Waals surface area contributed by atoms with Crippen molar-refractivity contribution in [1.82, 2.24) is 4.57 Å². The first kappa shape index (κ1) is 16.7. The quantitative estimate of drug-likeness (QED) is 0.644. The fourth-order valence-corrected chi connectivity index (χ4v) is 2.92. The van der Waals surface area contributed by atoms with Gasteiger partial charge in [-0.3, -0.25) is 0 Å². The Bertz CT molecular complexity index is 977. The smallest absolute Gasteiger partial charge is 0.123 e. The molecule has 1 heterocycles. The van der Waals surface area contributed by atoms with Crippen LogP contribution in [0.2, 0.25) is 0 Å². The molecular weight excluding hydrogens is 312 g/mol. The summed E-state index contributed by atoms with van der Waals surface area (Å²) in [5, 5.41) is 10.5. The van der Waals surface area contributed by atoms with E-state index in [1.165, 1.54) is 5.39 Å². The zero-order valence-electron chi connectivity index (χ0n) is 14.6. The summed E-state index contributed by atoms with van der Waals surface area (Å²) in [4.78, 5) is 0. The molecule has 0 saturated heterocycles. The number of benzene rings is 2. The van der Waals surface area contributed by atoms with Gasteiger partial charge < -0.3 is 14.0 Å². The van der Waals surface area contributed by atoms with Crippen LogP contribution in [0.25, 0.3) is 16.5 Å². The Morgan fingerprint density at radius 1 is 1.12 bits per heavy atom. The molecule has 0 amide bonds. The van der Waals surface area contributed by atoms with Crippen molar-refractivity contribution >= 4 is 16.5 Å². The molecule has 3 aromatic rings. The number of ether oxygens (including phenoxy) is 2. The number of methoxy groups -OCH3 is 1. The number of fused-ring (bicyclic) bond motifs is 1. The highest BCUT2D eigenvalue weighted by Gasteiger charge is 2.11. The van der Waals surface area contributed by atoms with E-state index in [2.05, 4.69) is 28.8 Å². The predicted octanol–water partition coefficient (Wildman–Crippen LogP) is 4.54. The van der Waals surface area contributed by atoms with E-state index in [0.717, 1.165) is 28.0 Å². The predicted molar refractivity (Wildman–Crippen MR) is 99.8 cm³/mol. The molecule has 4 nitrogen and oxygen atoms in total. The lowest BCUT2D eigenvalue weighted by atomic mass is 9.96. The lowest BCUT2D eigenvalue weighted by Crippen LogP contribution is -1.96. The highest BCUT2D eigenvalue weighted by atomic mass is 16.5. The summed E-state index contributed by atoms with van der Waals surface area (Å²) in [7, 11) is 3.64. The molecule has 0 aliphatic carbocycles. The zero-order chi connectivity index (χ0) is 17.8. The van der Waals surface area contributed by atoms with Crippen molar-refractivity contribution in [3.8, 4) is 17.6 Å². The zero-order valence-corrected chi connectivity index (χ0v) is 14.6. The first-order valence-corrected chi connectivity index (χ1v) is 8.13. The summed E-state index contributed by atoms with van der Waals surface area (Å²) in [6.45, 7) is 2.51. The van der Waals surface area contributed by atoms with Gasteiger partial charge in [-0.1, -0.05) is 12.1 Å². The van der Waals surface area contributed by atoms with Crippen LogP contribution in [-0.2, 0) is 7.05 Å². The maximum atomic E-state index is 9.29. The van der Waals surface area contributed by atoms with E-state index < -0.39 is 0 Å².